The van der Waals surface area contributed by atoms with Crippen molar-refractivity contribution in [3.8, 4) is 0 Å². The summed E-state index contributed by atoms with van der Waals surface area (Å²) in [5.41, 5.74) is 8.18. The first-order valence-electron chi connectivity index (χ1n) is 11.6. The minimum atomic E-state index is 0.112. The third kappa shape index (κ3) is 5.66. The highest BCUT2D eigenvalue weighted by Crippen LogP contribution is 2.47. The van der Waals surface area contributed by atoms with Crippen LogP contribution < -0.4 is 0 Å². The summed E-state index contributed by atoms with van der Waals surface area (Å²) in [7, 11) is 0. The summed E-state index contributed by atoms with van der Waals surface area (Å²) in [4.78, 5) is 0. The lowest BCUT2D eigenvalue weighted by Crippen LogP contribution is -2.34. The van der Waals surface area contributed by atoms with Crippen molar-refractivity contribution in [2.45, 2.75) is 76.9 Å². The van der Waals surface area contributed by atoms with Gasteiger partial charge < -0.3 is 5.11 Å². The molecule has 0 saturated carbocycles. The highest BCUT2D eigenvalue weighted by atomic mass is 32.2. The van der Waals surface area contributed by atoms with E-state index in [1.165, 1.54) is 53.7 Å². The van der Waals surface area contributed by atoms with Crippen LogP contribution >= 0.6 is 11.8 Å². The van der Waals surface area contributed by atoms with Crippen molar-refractivity contribution in [2.24, 2.45) is 0 Å². The SMILES string of the molecule is C=C(O)c1ccc(/C=C/c2cc3c(cc2CSCCCC)C(C)(C)CCC3(C)C)cc1. The fourth-order valence-electron chi connectivity index (χ4n) is 4.36. The molecule has 0 radical (unpaired) electrons. The molecule has 0 bridgehead atoms. The summed E-state index contributed by atoms with van der Waals surface area (Å²) in [5.74, 6) is 2.40. The topological polar surface area (TPSA) is 20.2 Å². The molecule has 1 N–H and O–H groups in total. The predicted octanol–water partition coefficient (Wildman–Crippen LogP) is 8.77. The first kappa shape index (κ1) is 23.7. The van der Waals surface area contributed by atoms with E-state index in [0.29, 0.717) is 0 Å². The van der Waals surface area contributed by atoms with Gasteiger partial charge >= 0.3 is 0 Å². The Hall–Kier alpha value is -1.93. The maximum absolute atomic E-state index is 9.57. The van der Waals surface area contributed by atoms with Crippen molar-refractivity contribution in [1.29, 1.82) is 0 Å². The van der Waals surface area contributed by atoms with Crippen LogP contribution in [0.2, 0.25) is 0 Å². The van der Waals surface area contributed by atoms with Gasteiger partial charge in [-0.25, -0.2) is 0 Å². The fraction of sp³-hybridized carbons (Fsp3) is 0.448. The van der Waals surface area contributed by atoms with Gasteiger partial charge in [0.25, 0.3) is 0 Å². The molecule has 1 aliphatic carbocycles. The Bertz CT molecular complexity index is 947. The third-order valence-corrected chi connectivity index (χ3v) is 7.80. The molecule has 166 valence electrons. The molecule has 0 atom stereocenters. The minimum absolute atomic E-state index is 0.112. The van der Waals surface area contributed by atoms with Gasteiger partial charge in [-0.1, -0.05) is 96.2 Å². The summed E-state index contributed by atoms with van der Waals surface area (Å²) in [6.45, 7) is 15.5. The van der Waals surface area contributed by atoms with Crippen LogP contribution in [0.25, 0.3) is 17.9 Å². The predicted molar refractivity (Wildman–Crippen MR) is 140 cm³/mol. The van der Waals surface area contributed by atoms with E-state index < -0.39 is 0 Å². The molecule has 2 heteroatoms. The van der Waals surface area contributed by atoms with Gasteiger partial charge in [0.1, 0.15) is 5.76 Å². The third-order valence-electron chi connectivity index (χ3n) is 6.71. The smallest absolute Gasteiger partial charge is 0.115 e. The lowest BCUT2D eigenvalue weighted by Gasteiger charge is -2.42. The molecule has 2 aromatic rings. The Morgan fingerprint density at radius 1 is 1.00 bits per heavy atom. The number of hydrogen-bond donors (Lipinski definition) is 1. The maximum Gasteiger partial charge on any atom is 0.115 e. The first-order valence-corrected chi connectivity index (χ1v) is 12.7. The Kier molecular flexibility index (Phi) is 7.42. The van der Waals surface area contributed by atoms with Crippen molar-refractivity contribution >= 4 is 29.7 Å². The number of hydrogen-bond acceptors (Lipinski definition) is 2. The molecular formula is C29H38OS. The van der Waals surface area contributed by atoms with E-state index in [-0.39, 0.29) is 16.6 Å². The van der Waals surface area contributed by atoms with Crippen LogP contribution in [-0.2, 0) is 16.6 Å². The van der Waals surface area contributed by atoms with Crippen molar-refractivity contribution in [3.05, 3.63) is 76.4 Å². The van der Waals surface area contributed by atoms with E-state index in [0.717, 1.165) is 16.9 Å². The second-order valence-corrected chi connectivity index (χ2v) is 11.3. The minimum Gasteiger partial charge on any atom is -0.508 e. The summed E-state index contributed by atoms with van der Waals surface area (Å²) >= 11 is 2.05. The van der Waals surface area contributed by atoms with Gasteiger partial charge in [-0.15, -0.1) is 0 Å². The summed E-state index contributed by atoms with van der Waals surface area (Å²) in [6, 6.07) is 12.9. The van der Waals surface area contributed by atoms with E-state index >= 15 is 0 Å². The molecule has 0 spiro atoms. The second kappa shape index (κ2) is 9.69. The van der Waals surface area contributed by atoms with E-state index in [1.54, 1.807) is 0 Å². The molecule has 0 amide bonds. The van der Waals surface area contributed by atoms with Crippen LogP contribution in [0.1, 0.15) is 93.7 Å². The first-order chi connectivity index (χ1) is 14.6. The van der Waals surface area contributed by atoms with Gasteiger partial charge in [0.15, 0.2) is 0 Å². The summed E-state index contributed by atoms with van der Waals surface area (Å²) in [6.07, 6.45) is 9.47. The lowest BCUT2D eigenvalue weighted by molar-refractivity contribution is 0.331. The molecule has 0 aromatic heterocycles. The van der Waals surface area contributed by atoms with Crippen LogP contribution in [0, 0.1) is 0 Å². The zero-order valence-electron chi connectivity index (χ0n) is 19.9. The standard InChI is InChI=1S/C29H38OS/c1-7-8-17-31-20-25-19-27-26(28(3,4)15-16-29(27,5)6)18-24(25)14-11-22-9-12-23(13-10-22)21(2)30/h9-14,18-19,30H,2,7-8,15-17,20H2,1,3-6H3/b14-11+. The second-order valence-electron chi connectivity index (χ2n) is 10.2. The van der Waals surface area contributed by atoms with Gasteiger partial charge in [0, 0.05) is 11.3 Å². The number of unbranched alkanes of at least 4 members (excludes halogenated alkanes) is 1. The molecule has 1 nitrogen and oxygen atoms in total. The molecule has 0 saturated heterocycles. The number of fused-ring (bicyclic) bond motifs is 1. The number of aliphatic hydroxyl groups excluding tert-OH is 1. The van der Waals surface area contributed by atoms with E-state index in [2.05, 4.69) is 77.2 Å². The van der Waals surface area contributed by atoms with Gasteiger partial charge in [-0.05, 0) is 63.7 Å². The average Bonchev–Trinajstić information content (AvgIpc) is 2.73. The molecule has 0 heterocycles. The van der Waals surface area contributed by atoms with Crippen LogP contribution in [0.15, 0.2) is 43.0 Å². The quantitative estimate of drug-likeness (QED) is 0.254. The Morgan fingerprint density at radius 2 is 1.61 bits per heavy atom. The van der Waals surface area contributed by atoms with Gasteiger partial charge in [0.05, 0.1) is 0 Å². The molecule has 1 aliphatic rings. The molecule has 31 heavy (non-hydrogen) atoms. The zero-order valence-corrected chi connectivity index (χ0v) is 20.7. The number of aliphatic hydroxyl groups is 1. The van der Waals surface area contributed by atoms with Crippen LogP contribution in [0.4, 0.5) is 0 Å². The Morgan fingerprint density at radius 3 is 2.19 bits per heavy atom. The van der Waals surface area contributed by atoms with Crippen molar-refractivity contribution in [2.75, 3.05) is 5.75 Å². The van der Waals surface area contributed by atoms with E-state index in [1.807, 2.05) is 24.3 Å². The van der Waals surface area contributed by atoms with Crippen molar-refractivity contribution in [1.82, 2.24) is 0 Å². The summed E-state index contributed by atoms with van der Waals surface area (Å²) in [5, 5.41) is 9.57. The van der Waals surface area contributed by atoms with E-state index in [9.17, 15) is 5.11 Å². The number of rotatable bonds is 8. The van der Waals surface area contributed by atoms with Crippen LogP contribution in [0.5, 0.6) is 0 Å². The normalized spacial score (nSPS) is 16.9. The van der Waals surface area contributed by atoms with Gasteiger partial charge in [-0.3, -0.25) is 0 Å². The molecule has 0 fully saturated rings. The fourth-order valence-corrected chi connectivity index (χ4v) is 5.46. The molecule has 3 rings (SSSR count). The molecule has 0 aliphatic heterocycles. The average molecular weight is 435 g/mol. The van der Waals surface area contributed by atoms with Crippen LogP contribution in [0.3, 0.4) is 0 Å². The highest BCUT2D eigenvalue weighted by molar-refractivity contribution is 7.98. The number of thioether (sulfide) groups is 1. The Balaban J connectivity index is 1.98. The Labute approximate surface area is 193 Å². The lowest BCUT2D eigenvalue weighted by atomic mass is 9.62. The van der Waals surface area contributed by atoms with Crippen molar-refractivity contribution < 1.29 is 5.11 Å². The number of benzene rings is 2. The summed E-state index contributed by atoms with van der Waals surface area (Å²) < 4.78 is 0. The zero-order chi connectivity index (χ0) is 22.6. The molecule has 2 aromatic carbocycles. The molecule has 0 unspecified atom stereocenters. The van der Waals surface area contributed by atoms with Crippen LogP contribution in [-0.4, -0.2) is 10.9 Å². The van der Waals surface area contributed by atoms with Gasteiger partial charge in [0.2, 0.25) is 0 Å². The molecular weight excluding hydrogens is 396 g/mol. The highest BCUT2D eigenvalue weighted by Gasteiger charge is 2.37. The maximum atomic E-state index is 9.57. The monoisotopic (exact) mass is 434 g/mol. The van der Waals surface area contributed by atoms with E-state index in [4.69, 9.17) is 0 Å². The van der Waals surface area contributed by atoms with Crippen molar-refractivity contribution in [3.63, 3.8) is 0 Å². The van der Waals surface area contributed by atoms with Gasteiger partial charge in [-0.2, -0.15) is 11.8 Å². The largest absolute Gasteiger partial charge is 0.508 e.